The first-order valence-electron chi connectivity index (χ1n) is 3.38. The maximum absolute atomic E-state index is 9.20. The van der Waals surface area contributed by atoms with Crippen LogP contribution in [0.4, 0.5) is 0 Å². The Hall–Kier alpha value is -0.810. The fourth-order valence-electron chi connectivity index (χ4n) is 1.18. The molecule has 0 amide bonds. The molecule has 10 heavy (non-hydrogen) atoms. The Balaban J connectivity index is 2.17. The lowest BCUT2D eigenvalue weighted by Crippen LogP contribution is -2.39. The lowest BCUT2D eigenvalue weighted by Gasteiger charge is -2.22. The molecule has 56 valence electrons. The van der Waals surface area contributed by atoms with Crippen LogP contribution in [0.5, 0.6) is 0 Å². The Morgan fingerprint density at radius 3 is 3.40 bits per heavy atom. The second-order valence-electron chi connectivity index (χ2n) is 2.40. The topological polar surface area (TPSA) is 59.9 Å². The molecule has 2 heterocycles. The number of guanidine groups is 1. The molecular formula is C5H10N4O. The average molecular weight is 142 g/mol. The van der Waals surface area contributed by atoms with E-state index in [1.807, 2.05) is 0 Å². The van der Waals surface area contributed by atoms with Gasteiger partial charge in [-0.05, 0) is 6.42 Å². The molecule has 3 N–H and O–H groups in total. The number of aliphatic imine (C=N–C) groups is 1. The minimum atomic E-state index is -0.598. The first-order valence-corrected chi connectivity index (χ1v) is 3.38. The molecule has 0 aromatic heterocycles. The first kappa shape index (κ1) is 5.94. The van der Waals surface area contributed by atoms with Crippen LogP contribution in [0.2, 0.25) is 0 Å². The van der Waals surface area contributed by atoms with Gasteiger partial charge in [-0.1, -0.05) is 0 Å². The summed E-state index contributed by atoms with van der Waals surface area (Å²) in [4.78, 5) is 5.95. The van der Waals surface area contributed by atoms with Gasteiger partial charge in [0.05, 0.1) is 0 Å². The molecule has 1 fully saturated rings. The van der Waals surface area contributed by atoms with E-state index in [-0.39, 0.29) is 0 Å². The summed E-state index contributed by atoms with van der Waals surface area (Å²) in [6.07, 6.45) is 0.420. The van der Waals surface area contributed by atoms with Crippen LogP contribution in [0.25, 0.3) is 0 Å². The summed E-state index contributed by atoms with van der Waals surface area (Å²) in [6, 6.07) is 0. The van der Waals surface area contributed by atoms with Crippen LogP contribution in [0.3, 0.4) is 0 Å². The van der Waals surface area contributed by atoms with E-state index < -0.39 is 6.35 Å². The number of rotatable bonds is 0. The highest BCUT2D eigenvalue weighted by atomic mass is 16.3. The predicted octanol–water partition coefficient (Wildman–Crippen LogP) is -1.57. The third kappa shape index (κ3) is 0.748. The standard InChI is InChI=1S/C5H10N4O/c10-5-8-7-4-6-2-1-3-9(4)5/h5,8,10H,1-3H2,(H,6,7). The van der Waals surface area contributed by atoms with Crippen LogP contribution >= 0.6 is 0 Å². The number of hydrogen-bond donors (Lipinski definition) is 3. The Kier molecular flexibility index (Phi) is 1.25. The monoisotopic (exact) mass is 142 g/mol. The number of aliphatic hydroxyl groups is 1. The van der Waals surface area contributed by atoms with Crippen molar-refractivity contribution < 1.29 is 5.11 Å². The molecular weight excluding hydrogens is 132 g/mol. The van der Waals surface area contributed by atoms with E-state index >= 15 is 0 Å². The van der Waals surface area contributed by atoms with Crippen molar-refractivity contribution >= 4 is 5.96 Å². The van der Waals surface area contributed by atoms with Gasteiger partial charge in [-0.15, -0.1) is 0 Å². The van der Waals surface area contributed by atoms with Crippen molar-refractivity contribution in [3.63, 3.8) is 0 Å². The number of hydrogen-bond acceptors (Lipinski definition) is 5. The molecule has 2 aliphatic heterocycles. The maximum atomic E-state index is 9.20. The molecule has 0 spiro atoms. The highest BCUT2D eigenvalue weighted by molar-refractivity contribution is 5.81. The Morgan fingerprint density at radius 1 is 1.70 bits per heavy atom. The fraction of sp³-hybridized carbons (Fsp3) is 0.800. The summed E-state index contributed by atoms with van der Waals surface area (Å²) in [5.74, 6) is 0.763. The van der Waals surface area contributed by atoms with Gasteiger partial charge in [0.2, 0.25) is 12.3 Å². The molecule has 0 aromatic carbocycles. The third-order valence-corrected chi connectivity index (χ3v) is 1.70. The molecule has 1 atom stereocenters. The largest absolute Gasteiger partial charge is 0.360 e. The van der Waals surface area contributed by atoms with E-state index in [4.69, 9.17) is 0 Å². The summed E-state index contributed by atoms with van der Waals surface area (Å²) in [5.41, 5.74) is 5.45. The van der Waals surface area contributed by atoms with E-state index in [1.165, 1.54) is 0 Å². The molecule has 5 nitrogen and oxygen atoms in total. The summed E-state index contributed by atoms with van der Waals surface area (Å²) in [5, 5.41) is 9.20. The van der Waals surface area contributed by atoms with Gasteiger partial charge in [0.15, 0.2) is 0 Å². The maximum Gasteiger partial charge on any atom is 0.211 e. The third-order valence-electron chi connectivity index (χ3n) is 1.70. The van der Waals surface area contributed by atoms with E-state index in [0.717, 1.165) is 25.5 Å². The zero-order chi connectivity index (χ0) is 6.97. The number of aliphatic hydroxyl groups excluding tert-OH is 1. The van der Waals surface area contributed by atoms with Gasteiger partial charge >= 0.3 is 0 Å². The van der Waals surface area contributed by atoms with Crippen molar-refractivity contribution in [1.29, 1.82) is 0 Å². The van der Waals surface area contributed by atoms with E-state index in [9.17, 15) is 5.11 Å². The van der Waals surface area contributed by atoms with E-state index in [0.29, 0.717) is 0 Å². The van der Waals surface area contributed by atoms with Gasteiger partial charge in [-0.25, -0.2) is 0 Å². The molecule has 2 aliphatic rings. The fourth-order valence-corrected chi connectivity index (χ4v) is 1.18. The van der Waals surface area contributed by atoms with Crippen molar-refractivity contribution in [3.05, 3.63) is 0 Å². The van der Waals surface area contributed by atoms with Gasteiger partial charge in [0.1, 0.15) is 0 Å². The van der Waals surface area contributed by atoms with Crippen LogP contribution in [-0.2, 0) is 0 Å². The summed E-state index contributed by atoms with van der Waals surface area (Å²) in [7, 11) is 0. The molecule has 0 bridgehead atoms. The highest BCUT2D eigenvalue weighted by Crippen LogP contribution is 2.06. The van der Waals surface area contributed by atoms with Crippen LogP contribution in [0.1, 0.15) is 6.42 Å². The van der Waals surface area contributed by atoms with Crippen molar-refractivity contribution in [3.8, 4) is 0 Å². The number of fused-ring (bicyclic) bond motifs is 1. The van der Waals surface area contributed by atoms with Gasteiger partial charge in [0.25, 0.3) is 0 Å². The van der Waals surface area contributed by atoms with Crippen LogP contribution in [0, 0.1) is 0 Å². The summed E-state index contributed by atoms with van der Waals surface area (Å²) in [6.45, 7) is 1.73. The molecule has 1 saturated heterocycles. The molecule has 0 aliphatic carbocycles. The zero-order valence-corrected chi connectivity index (χ0v) is 5.54. The van der Waals surface area contributed by atoms with Gasteiger partial charge in [-0.2, -0.15) is 5.43 Å². The Bertz CT molecular complexity index is 169. The molecule has 0 saturated carbocycles. The lowest BCUT2D eigenvalue weighted by atomic mass is 10.3. The highest BCUT2D eigenvalue weighted by Gasteiger charge is 2.27. The van der Waals surface area contributed by atoms with Crippen molar-refractivity contribution in [2.24, 2.45) is 4.99 Å². The molecule has 1 unspecified atom stereocenters. The van der Waals surface area contributed by atoms with Crippen molar-refractivity contribution in [2.75, 3.05) is 13.1 Å². The molecule has 2 rings (SSSR count). The van der Waals surface area contributed by atoms with Crippen LogP contribution < -0.4 is 10.9 Å². The van der Waals surface area contributed by atoms with Crippen molar-refractivity contribution in [2.45, 2.75) is 12.8 Å². The number of hydrazine groups is 1. The minimum Gasteiger partial charge on any atom is -0.360 e. The number of nitrogens with zero attached hydrogens (tertiary/aromatic N) is 2. The quantitative estimate of drug-likeness (QED) is 0.382. The summed E-state index contributed by atoms with van der Waals surface area (Å²) >= 11 is 0. The second kappa shape index (κ2) is 2.10. The first-order chi connectivity index (χ1) is 4.88. The lowest BCUT2D eigenvalue weighted by molar-refractivity contribution is 0.0418. The second-order valence-corrected chi connectivity index (χ2v) is 2.40. The van der Waals surface area contributed by atoms with Crippen LogP contribution in [0.15, 0.2) is 4.99 Å². The normalized spacial score (nSPS) is 31.1. The summed E-state index contributed by atoms with van der Waals surface area (Å²) < 4.78 is 0. The SMILES string of the molecule is OC1NNC2=NCCCN21. The van der Waals surface area contributed by atoms with Gasteiger partial charge < -0.3 is 10.0 Å². The van der Waals surface area contributed by atoms with Gasteiger partial charge in [0, 0.05) is 13.1 Å². The smallest absolute Gasteiger partial charge is 0.211 e. The molecule has 0 radical (unpaired) electrons. The zero-order valence-electron chi connectivity index (χ0n) is 5.54. The van der Waals surface area contributed by atoms with E-state index in [1.54, 1.807) is 4.90 Å². The Labute approximate surface area is 58.7 Å². The molecule has 0 aromatic rings. The van der Waals surface area contributed by atoms with Crippen LogP contribution in [-0.4, -0.2) is 35.4 Å². The average Bonchev–Trinajstić information content (AvgIpc) is 2.34. The van der Waals surface area contributed by atoms with Crippen molar-refractivity contribution in [1.82, 2.24) is 15.8 Å². The Morgan fingerprint density at radius 2 is 2.60 bits per heavy atom. The number of nitrogens with one attached hydrogen (secondary N) is 2. The van der Waals surface area contributed by atoms with E-state index in [2.05, 4.69) is 15.8 Å². The predicted molar refractivity (Wildman–Crippen MR) is 35.9 cm³/mol. The van der Waals surface area contributed by atoms with Gasteiger partial charge in [-0.3, -0.25) is 10.4 Å². The minimum absolute atomic E-state index is 0.598. The molecule has 5 heteroatoms.